The van der Waals surface area contributed by atoms with Crippen LogP contribution < -0.4 is 0 Å². The molecule has 4 heteroatoms. The largest absolute Gasteiger partial charge is 0.465 e. The molecule has 1 aromatic rings. The summed E-state index contributed by atoms with van der Waals surface area (Å²) in [5.74, 6) is -0.973. The van der Waals surface area contributed by atoms with Crippen LogP contribution in [0.4, 0.5) is 0 Å². The summed E-state index contributed by atoms with van der Waals surface area (Å²) in [6.07, 6.45) is 1.46. The van der Waals surface area contributed by atoms with E-state index in [0.717, 1.165) is 0 Å². The zero-order chi connectivity index (χ0) is 14.8. The van der Waals surface area contributed by atoms with E-state index in [2.05, 4.69) is 4.74 Å². The molecule has 1 aromatic carbocycles. The smallest absolute Gasteiger partial charge is 0.343 e. The van der Waals surface area contributed by atoms with E-state index in [-0.39, 0.29) is 11.4 Å². The molecule has 1 rings (SSSR count). The molecule has 0 saturated carbocycles. The van der Waals surface area contributed by atoms with Crippen LogP contribution in [0.25, 0.3) is 0 Å². The third-order valence-electron chi connectivity index (χ3n) is 2.07. The van der Waals surface area contributed by atoms with Crippen LogP contribution in [0.2, 0.25) is 0 Å². The maximum absolute atomic E-state index is 12.1. The van der Waals surface area contributed by atoms with E-state index in [1.54, 1.807) is 43.3 Å². The zero-order valence-electron chi connectivity index (χ0n) is 12.1. The summed E-state index contributed by atoms with van der Waals surface area (Å²) >= 11 is 0. The summed E-state index contributed by atoms with van der Waals surface area (Å²) in [5.41, 5.74) is 0.481. The van der Waals surface area contributed by atoms with Gasteiger partial charge in [-0.2, -0.15) is 0 Å². The fourth-order valence-corrected chi connectivity index (χ4v) is 1.32. The molecule has 0 N–H and O–H groups in total. The molecule has 0 bridgehead atoms. The van der Waals surface area contributed by atoms with E-state index >= 15 is 0 Å². The van der Waals surface area contributed by atoms with Crippen molar-refractivity contribution < 1.29 is 14.3 Å². The Labute approximate surface area is 114 Å². The average molecular weight is 263 g/mol. The number of Topliss-reactive ketones (excluding diaryl/α,β-unsaturated/α-hetero) is 1. The molecular weight excluding hydrogens is 242 g/mol. The molecule has 0 aromatic heterocycles. The monoisotopic (exact) mass is 263 g/mol. The quantitative estimate of drug-likeness (QED) is 0.275. The molecule has 0 atom stereocenters. The van der Waals surface area contributed by atoms with Crippen LogP contribution in [-0.2, 0) is 9.53 Å². The first-order valence-corrected chi connectivity index (χ1v) is 6.12. The van der Waals surface area contributed by atoms with Crippen molar-refractivity contribution in [3.63, 3.8) is 0 Å². The minimum absolute atomic E-state index is 0.0173. The minimum Gasteiger partial charge on any atom is -0.465 e. The summed E-state index contributed by atoms with van der Waals surface area (Å²) in [5, 5.41) is 0. The Morgan fingerprint density at radius 3 is 2.05 bits per heavy atom. The summed E-state index contributed by atoms with van der Waals surface area (Å²) in [7, 11) is 4.73. The highest BCUT2D eigenvalue weighted by molar-refractivity contribution is 6.24. The second kappa shape index (κ2) is 8.91. The standard InChI is InChI=1S/C13H15NO3.C2H6/c1-14(2)9-11(13(16)17-3)12(15)10-7-5-4-6-8-10;1-2/h4-9H,1-3H3;1-2H3/b11-9-;. The molecule has 4 nitrogen and oxygen atoms in total. The number of esters is 1. The molecule has 0 fully saturated rings. The Morgan fingerprint density at radius 2 is 1.63 bits per heavy atom. The number of ketones is 1. The van der Waals surface area contributed by atoms with Crippen molar-refractivity contribution in [1.82, 2.24) is 4.90 Å². The van der Waals surface area contributed by atoms with Crippen LogP contribution in [0.5, 0.6) is 0 Å². The summed E-state index contributed by atoms with van der Waals surface area (Å²) in [4.78, 5) is 25.2. The summed E-state index contributed by atoms with van der Waals surface area (Å²) < 4.78 is 4.60. The van der Waals surface area contributed by atoms with E-state index in [4.69, 9.17) is 0 Å². The molecule has 0 saturated heterocycles. The number of nitrogens with zero attached hydrogens (tertiary/aromatic N) is 1. The predicted molar refractivity (Wildman–Crippen MR) is 75.9 cm³/mol. The van der Waals surface area contributed by atoms with Gasteiger partial charge in [-0.25, -0.2) is 4.79 Å². The Bertz CT molecular complexity index is 436. The Kier molecular flexibility index (Phi) is 7.93. The van der Waals surface area contributed by atoms with Gasteiger partial charge in [0, 0.05) is 25.9 Å². The number of carbonyl (C=O) groups excluding carboxylic acids is 2. The van der Waals surface area contributed by atoms with Gasteiger partial charge in [0.15, 0.2) is 0 Å². The molecular formula is C15H21NO3. The Balaban J connectivity index is 0.00000154. The van der Waals surface area contributed by atoms with E-state index in [9.17, 15) is 9.59 Å². The third kappa shape index (κ3) is 5.38. The number of rotatable bonds is 4. The molecule has 19 heavy (non-hydrogen) atoms. The Hall–Kier alpha value is -2.10. The van der Waals surface area contributed by atoms with Crippen molar-refractivity contribution in [2.45, 2.75) is 13.8 Å². The molecule has 104 valence electrons. The third-order valence-corrected chi connectivity index (χ3v) is 2.07. The number of hydrogen-bond acceptors (Lipinski definition) is 4. The van der Waals surface area contributed by atoms with Gasteiger partial charge in [0.05, 0.1) is 7.11 Å². The lowest BCUT2D eigenvalue weighted by molar-refractivity contribution is -0.135. The van der Waals surface area contributed by atoms with Crippen LogP contribution in [0.3, 0.4) is 0 Å². The second-order valence-electron chi connectivity index (χ2n) is 3.69. The SMILES string of the molecule is CC.COC(=O)/C(=C\N(C)C)C(=O)c1ccccc1. The number of benzene rings is 1. The van der Waals surface area contributed by atoms with E-state index in [1.165, 1.54) is 13.3 Å². The topological polar surface area (TPSA) is 46.6 Å². The fraction of sp³-hybridized carbons (Fsp3) is 0.333. The predicted octanol–water partition coefficient (Wildman–Crippen LogP) is 2.51. The van der Waals surface area contributed by atoms with Crippen molar-refractivity contribution >= 4 is 11.8 Å². The minimum atomic E-state index is -0.632. The van der Waals surface area contributed by atoms with Gasteiger partial charge < -0.3 is 9.64 Å². The van der Waals surface area contributed by atoms with Crippen molar-refractivity contribution in [2.24, 2.45) is 0 Å². The van der Waals surface area contributed by atoms with E-state index < -0.39 is 5.97 Å². The molecule has 0 spiro atoms. The van der Waals surface area contributed by atoms with E-state index in [1.807, 2.05) is 19.9 Å². The maximum atomic E-state index is 12.1. The van der Waals surface area contributed by atoms with Crippen LogP contribution in [0.15, 0.2) is 42.1 Å². The number of ether oxygens (including phenoxy) is 1. The lowest BCUT2D eigenvalue weighted by atomic mass is 10.0. The van der Waals surface area contributed by atoms with Gasteiger partial charge in [-0.1, -0.05) is 44.2 Å². The molecule has 0 amide bonds. The summed E-state index contributed by atoms with van der Waals surface area (Å²) in [6.45, 7) is 4.00. The van der Waals surface area contributed by atoms with Gasteiger partial charge >= 0.3 is 5.97 Å². The van der Waals surface area contributed by atoms with Gasteiger partial charge in [-0.15, -0.1) is 0 Å². The Morgan fingerprint density at radius 1 is 1.11 bits per heavy atom. The summed E-state index contributed by atoms with van der Waals surface area (Å²) in [6, 6.07) is 8.63. The lowest BCUT2D eigenvalue weighted by Crippen LogP contribution is -2.18. The van der Waals surface area contributed by atoms with Crippen LogP contribution in [-0.4, -0.2) is 37.9 Å². The van der Waals surface area contributed by atoms with Crippen molar-refractivity contribution in [2.75, 3.05) is 21.2 Å². The van der Waals surface area contributed by atoms with E-state index in [0.29, 0.717) is 5.56 Å². The van der Waals surface area contributed by atoms with Gasteiger partial charge in [0.25, 0.3) is 0 Å². The highest BCUT2D eigenvalue weighted by Crippen LogP contribution is 2.10. The first-order valence-electron chi connectivity index (χ1n) is 6.12. The van der Waals surface area contributed by atoms with Crippen molar-refractivity contribution in [3.8, 4) is 0 Å². The second-order valence-corrected chi connectivity index (χ2v) is 3.69. The highest BCUT2D eigenvalue weighted by Gasteiger charge is 2.20. The molecule has 0 heterocycles. The van der Waals surface area contributed by atoms with Crippen LogP contribution in [0.1, 0.15) is 24.2 Å². The van der Waals surface area contributed by atoms with Crippen LogP contribution in [0, 0.1) is 0 Å². The van der Waals surface area contributed by atoms with Crippen molar-refractivity contribution in [1.29, 1.82) is 0 Å². The number of methoxy groups -OCH3 is 1. The van der Waals surface area contributed by atoms with Gasteiger partial charge in [0.1, 0.15) is 5.57 Å². The molecule has 0 radical (unpaired) electrons. The van der Waals surface area contributed by atoms with Gasteiger partial charge in [-0.3, -0.25) is 4.79 Å². The molecule has 0 unspecified atom stereocenters. The van der Waals surface area contributed by atoms with Crippen molar-refractivity contribution in [3.05, 3.63) is 47.7 Å². The number of carbonyl (C=O) groups is 2. The first kappa shape index (κ1) is 16.9. The maximum Gasteiger partial charge on any atom is 0.343 e. The highest BCUT2D eigenvalue weighted by atomic mass is 16.5. The molecule has 0 aliphatic rings. The average Bonchev–Trinajstić information content (AvgIpc) is 2.46. The van der Waals surface area contributed by atoms with Gasteiger partial charge in [0.2, 0.25) is 5.78 Å². The molecule has 0 aliphatic heterocycles. The fourth-order valence-electron chi connectivity index (χ4n) is 1.32. The zero-order valence-corrected chi connectivity index (χ0v) is 12.1. The van der Waals surface area contributed by atoms with Gasteiger partial charge in [-0.05, 0) is 0 Å². The molecule has 0 aliphatic carbocycles. The lowest BCUT2D eigenvalue weighted by Gasteiger charge is -2.09. The first-order chi connectivity index (χ1) is 9.06. The number of hydrogen-bond donors (Lipinski definition) is 0. The normalized spacial score (nSPS) is 10.1. The van der Waals surface area contributed by atoms with Crippen LogP contribution >= 0.6 is 0 Å².